The van der Waals surface area contributed by atoms with Gasteiger partial charge in [-0.25, -0.2) is 0 Å². The zero-order valence-corrected chi connectivity index (χ0v) is 11.6. The van der Waals surface area contributed by atoms with Crippen molar-refractivity contribution in [2.75, 3.05) is 20.1 Å². The lowest BCUT2D eigenvalue weighted by atomic mass is 9.78. The van der Waals surface area contributed by atoms with Gasteiger partial charge in [0.15, 0.2) is 0 Å². The Bertz CT molecular complexity index is 338. The van der Waals surface area contributed by atoms with Crippen LogP contribution in [0.4, 0.5) is 0 Å². The Morgan fingerprint density at radius 2 is 1.63 bits per heavy atom. The minimum Gasteiger partial charge on any atom is -0.481 e. The van der Waals surface area contributed by atoms with Crippen molar-refractivity contribution in [3.8, 4) is 0 Å². The second kappa shape index (κ2) is 6.37. The summed E-state index contributed by atoms with van der Waals surface area (Å²) in [4.78, 5) is 25.7. The lowest BCUT2D eigenvalue weighted by Crippen LogP contribution is -2.47. The average Bonchev–Trinajstić information content (AvgIpc) is 2.41. The molecule has 1 saturated carbocycles. The topological polar surface area (TPSA) is 69.6 Å². The van der Waals surface area contributed by atoms with Gasteiger partial charge in [0.2, 0.25) is 5.91 Å². The molecule has 0 radical (unpaired) electrons. The normalized spacial score (nSPS) is 29.9. The molecule has 1 amide bonds. The Morgan fingerprint density at radius 1 is 1.05 bits per heavy atom. The molecule has 2 fully saturated rings. The molecular weight excluding hydrogens is 244 g/mol. The molecule has 1 heterocycles. The number of likely N-dealkylation sites (tertiary alicyclic amines) is 1. The molecule has 2 rings (SSSR count). The van der Waals surface area contributed by atoms with Crippen LogP contribution in [0.3, 0.4) is 0 Å². The van der Waals surface area contributed by atoms with Gasteiger partial charge in [-0.05, 0) is 45.8 Å². The van der Waals surface area contributed by atoms with Gasteiger partial charge in [0, 0.05) is 6.04 Å². The van der Waals surface area contributed by atoms with Crippen LogP contribution in [0.1, 0.15) is 38.5 Å². The van der Waals surface area contributed by atoms with E-state index in [0.29, 0.717) is 6.42 Å². The highest BCUT2D eigenvalue weighted by atomic mass is 16.4. The molecule has 0 unspecified atom stereocenters. The summed E-state index contributed by atoms with van der Waals surface area (Å²) in [6, 6.07) is 0.222. The van der Waals surface area contributed by atoms with Crippen molar-refractivity contribution in [1.29, 1.82) is 0 Å². The molecule has 1 saturated heterocycles. The first-order chi connectivity index (χ1) is 9.08. The van der Waals surface area contributed by atoms with Gasteiger partial charge >= 0.3 is 5.97 Å². The highest BCUT2D eigenvalue weighted by Gasteiger charge is 2.36. The van der Waals surface area contributed by atoms with E-state index in [-0.39, 0.29) is 17.9 Å². The van der Waals surface area contributed by atoms with E-state index in [1.54, 1.807) is 0 Å². The average molecular weight is 268 g/mol. The third kappa shape index (κ3) is 3.69. The van der Waals surface area contributed by atoms with Crippen LogP contribution in [0.5, 0.6) is 0 Å². The molecule has 1 aliphatic carbocycles. The third-order valence-electron chi connectivity index (χ3n) is 4.48. The van der Waals surface area contributed by atoms with Crippen LogP contribution in [-0.2, 0) is 9.59 Å². The molecule has 0 aromatic carbocycles. The fraction of sp³-hybridized carbons (Fsp3) is 0.857. The Kier molecular flexibility index (Phi) is 4.80. The molecule has 2 N–H and O–H groups in total. The number of hydrogen-bond acceptors (Lipinski definition) is 3. The summed E-state index contributed by atoms with van der Waals surface area (Å²) in [5.41, 5.74) is 0. The summed E-state index contributed by atoms with van der Waals surface area (Å²) in [5.74, 6) is -1.67. The number of nitrogens with zero attached hydrogens (tertiary/aromatic N) is 1. The molecule has 108 valence electrons. The van der Waals surface area contributed by atoms with Crippen LogP contribution >= 0.6 is 0 Å². The van der Waals surface area contributed by atoms with Gasteiger partial charge in [-0.2, -0.15) is 0 Å². The maximum atomic E-state index is 12.3. The largest absolute Gasteiger partial charge is 0.481 e. The van der Waals surface area contributed by atoms with E-state index >= 15 is 0 Å². The van der Waals surface area contributed by atoms with Crippen molar-refractivity contribution in [3.05, 3.63) is 0 Å². The molecule has 0 aromatic heterocycles. The van der Waals surface area contributed by atoms with E-state index in [1.807, 2.05) is 0 Å². The molecule has 19 heavy (non-hydrogen) atoms. The predicted molar refractivity (Wildman–Crippen MR) is 71.7 cm³/mol. The summed E-state index contributed by atoms with van der Waals surface area (Å²) in [7, 11) is 2.08. The summed E-state index contributed by atoms with van der Waals surface area (Å²) in [6.07, 6.45) is 5.18. The fourth-order valence-corrected chi connectivity index (χ4v) is 3.20. The number of hydrogen-bond donors (Lipinski definition) is 2. The molecule has 5 nitrogen and oxygen atoms in total. The quantitative estimate of drug-likeness (QED) is 0.804. The zero-order chi connectivity index (χ0) is 13.8. The third-order valence-corrected chi connectivity index (χ3v) is 4.48. The number of carbonyl (C=O) groups is 2. The number of carboxylic acid groups (broad SMARTS) is 1. The van der Waals surface area contributed by atoms with Crippen LogP contribution in [0.25, 0.3) is 0 Å². The van der Waals surface area contributed by atoms with Gasteiger partial charge in [-0.15, -0.1) is 0 Å². The van der Waals surface area contributed by atoms with Crippen LogP contribution in [-0.4, -0.2) is 48.1 Å². The van der Waals surface area contributed by atoms with Crippen molar-refractivity contribution in [2.45, 2.75) is 44.6 Å². The molecule has 0 bridgehead atoms. The molecule has 1 aliphatic heterocycles. The number of nitrogens with one attached hydrogen (secondary N) is 1. The van der Waals surface area contributed by atoms with Gasteiger partial charge in [0.1, 0.15) is 0 Å². The van der Waals surface area contributed by atoms with Crippen LogP contribution in [0.15, 0.2) is 0 Å². The van der Waals surface area contributed by atoms with Crippen LogP contribution in [0, 0.1) is 11.8 Å². The predicted octanol–water partition coefficient (Wildman–Crippen LogP) is 1.09. The second-order valence-corrected chi connectivity index (χ2v) is 5.92. The number of carbonyl (C=O) groups excluding carboxylic acids is 1. The maximum Gasteiger partial charge on any atom is 0.307 e. The van der Waals surface area contributed by atoms with Crippen molar-refractivity contribution in [3.63, 3.8) is 0 Å². The van der Waals surface area contributed by atoms with Crippen LogP contribution in [0.2, 0.25) is 0 Å². The smallest absolute Gasteiger partial charge is 0.307 e. The number of amides is 1. The fourth-order valence-electron chi connectivity index (χ4n) is 3.20. The maximum absolute atomic E-state index is 12.3. The highest BCUT2D eigenvalue weighted by Crippen LogP contribution is 2.30. The Balaban J connectivity index is 1.89. The van der Waals surface area contributed by atoms with Gasteiger partial charge in [-0.3, -0.25) is 9.59 Å². The van der Waals surface area contributed by atoms with E-state index in [9.17, 15) is 14.7 Å². The monoisotopic (exact) mass is 268 g/mol. The minimum atomic E-state index is -0.816. The first-order valence-corrected chi connectivity index (χ1v) is 7.29. The standard InChI is InChI=1S/C14H24N2O3/c1-16-8-6-10(7-9-16)15-13(17)11-4-2-3-5-12(11)14(18)19/h10-12H,2-9H2,1H3,(H,15,17)(H,18,19)/t11-,12+/m1/s1. The molecular formula is C14H24N2O3. The number of carboxylic acids is 1. The van der Waals surface area contributed by atoms with Crippen LogP contribution < -0.4 is 5.32 Å². The summed E-state index contributed by atoms with van der Waals surface area (Å²) in [6.45, 7) is 2.00. The van der Waals surface area contributed by atoms with E-state index in [1.165, 1.54) is 0 Å². The number of piperidine rings is 1. The first kappa shape index (κ1) is 14.3. The Morgan fingerprint density at radius 3 is 2.21 bits per heavy atom. The van der Waals surface area contributed by atoms with E-state index in [4.69, 9.17) is 0 Å². The highest BCUT2D eigenvalue weighted by molar-refractivity contribution is 5.85. The molecule has 2 atom stereocenters. The first-order valence-electron chi connectivity index (χ1n) is 7.29. The molecule has 2 aliphatic rings. The lowest BCUT2D eigenvalue weighted by Gasteiger charge is -2.33. The van der Waals surface area contributed by atoms with E-state index in [0.717, 1.165) is 45.2 Å². The van der Waals surface area contributed by atoms with E-state index < -0.39 is 11.9 Å². The van der Waals surface area contributed by atoms with Gasteiger partial charge in [0.05, 0.1) is 11.8 Å². The van der Waals surface area contributed by atoms with E-state index in [2.05, 4.69) is 17.3 Å². The lowest BCUT2D eigenvalue weighted by molar-refractivity contribution is -0.149. The SMILES string of the molecule is CN1CCC(NC(=O)[C@@H]2CCCC[C@@H]2C(=O)O)CC1. The molecule has 0 spiro atoms. The minimum absolute atomic E-state index is 0.0401. The number of aliphatic carboxylic acids is 1. The summed E-state index contributed by atoms with van der Waals surface area (Å²) in [5, 5.41) is 12.3. The van der Waals surface area contributed by atoms with Crippen molar-refractivity contribution >= 4 is 11.9 Å². The second-order valence-electron chi connectivity index (χ2n) is 5.92. The summed E-state index contributed by atoms with van der Waals surface area (Å²) < 4.78 is 0. The van der Waals surface area contributed by atoms with Crippen molar-refractivity contribution in [2.24, 2.45) is 11.8 Å². The van der Waals surface area contributed by atoms with Crippen molar-refractivity contribution in [1.82, 2.24) is 10.2 Å². The van der Waals surface area contributed by atoms with Gasteiger partial charge < -0.3 is 15.3 Å². The van der Waals surface area contributed by atoms with Gasteiger partial charge in [0.25, 0.3) is 0 Å². The molecule has 5 heteroatoms. The Hall–Kier alpha value is -1.10. The molecule has 0 aromatic rings. The van der Waals surface area contributed by atoms with Crippen molar-refractivity contribution < 1.29 is 14.7 Å². The van der Waals surface area contributed by atoms with Gasteiger partial charge in [-0.1, -0.05) is 12.8 Å². The Labute approximate surface area is 114 Å². The summed E-state index contributed by atoms with van der Waals surface area (Å²) >= 11 is 0. The zero-order valence-electron chi connectivity index (χ0n) is 11.6. The number of rotatable bonds is 3.